The van der Waals surface area contributed by atoms with E-state index in [4.69, 9.17) is 14.0 Å². The number of aromatic nitrogens is 1. The summed E-state index contributed by atoms with van der Waals surface area (Å²) in [5, 5.41) is 0. The van der Waals surface area contributed by atoms with Gasteiger partial charge >= 0.3 is 19.3 Å². The number of carbonyl (C=O) groups excluding carboxylic acids is 1. The van der Waals surface area contributed by atoms with Crippen LogP contribution >= 0.6 is 0 Å². The van der Waals surface area contributed by atoms with E-state index in [0.29, 0.717) is 5.56 Å². The Balaban J connectivity index is 2.33. The molecule has 0 saturated carbocycles. The Morgan fingerprint density at radius 3 is 2.20 bits per heavy atom. The molecule has 2 rings (SSSR count). The smallest absolute Gasteiger partial charge is 0.466 e. The normalized spacial score (nSPS) is 20.4. The Morgan fingerprint density at radius 1 is 1.24 bits per heavy atom. The van der Waals surface area contributed by atoms with Crippen LogP contribution in [0.15, 0.2) is 18.3 Å². The fraction of sp³-hybridized carbons (Fsp3) is 0.625. The molecule has 0 bridgehead atoms. The van der Waals surface area contributed by atoms with Gasteiger partial charge in [0, 0.05) is 12.0 Å². The van der Waals surface area contributed by atoms with Gasteiger partial charge in [-0.15, -0.1) is 0 Å². The molecular weight excluding hydrogens is 338 g/mol. The Labute approximate surface area is 145 Å². The fourth-order valence-corrected chi connectivity index (χ4v) is 2.48. The Hall–Kier alpha value is -1.61. The average molecular weight is 359 g/mol. The molecule has 0 radical (unpaired) electrons. The van der Waals surface area contributed by atoms with E-state index in [1.165, 1.54) is 13.2 Å². The number of hydrogen-bond acceptors (Lipinski definition) is 5. The van der Waals surface area contributed by atoms with Crippen LogP contribution in [0.4, 0.5) is 13.2 Å². The van der Waals surface area contributed by atoms with Crippen LogP contribution in [0.5, 0.6) is 0 Å². The van der Waals surface area contributed by atoms with Gasteiger partial charge in [-0.05, 0) is 39.3 Å². The number of methoxy groups -OCH3 is 1. The summed E-state index contributed by atoms with van der Waals surface area (Å²) in [7, 11) is 0.442. The van der Waals surface area contributed by atoms with Crippen molar-refractivity contribution in [3.8, 4) is 0 Å². The average Bonchev–Trinajstić information content (AvgIpc) is 2.71. The summed E-state index contributed by atoms with van der Waals surface area (Å²) >= 11 is 0. The molecule has 0 aromatic carbocycles. The van der Waals surface area contributed by atoms with Gasteiger partial charge in [-0.25, -0.2) is 0 Å². The van der Waals surface area contributed by atoms with E-state index < -0.39 is 42.0 Å². The van der Waals surface area contributed by atoms with Crippen molar-refractivity contribution in [1.82, 2.24) is 4.98 Å². The van der Waals surface area contributed by atoms with Crippen LogP contribution in [0.3, 0.4) is 0 Å². The van der Waals surface area contributed by atoms with Gasteiger partial charge in [0.2, 0.25) is 0 Å². The maximum Gasteiger partial charge on any atom is 0.466 e. The summed E-state index contributed by atoms with van der Waals surface area (Å²) in [5.74, 6) is -1.15. The topological polar surface area (TPSA) is 57.7 Å². The zero-order chi connectivity index (χ0) is 19.0. The first-order valence-corrected chi connectivity index (χ1v) is 7.83. The number of ether oxygens (including phenoxy) is 1. The minimum Gasteiger partial charge on any atom is -0.469 e. The molecule has 1 aromatic heterocycles. The van der Waals surface area contributed by atoms with Crippen LogP contribution in [0, 0.1) is 0 Å². The van der Waals surface area contributed by atoms with Gasteiger partial charge in [-0.2, -0.15) is 13.2 Å². The lowest BCUT2D eigenvalue weighted by Crippen LogP contribution is -2.41. The van der Waals surface area contributed by atoms with Crippen molar-refractivity contribution < 1.29 is 32.0 Å². The van der Waals surface area contributed by atoms with Crippen LogP contribution in [-0.2, 0) is 25.0 Å². The standard InChI is InChI=1S/C16H21BF3NO4/c1-14(2)15(3,4)25-17(24-14)11(8-13(22)23-5)10-6-7-12(21-9-10)16(18,19)20/h6-7,9,11H,8H2,1-5H3. The maximum atomic E-state index is 12.7. The van der Waals surface area contributed by atoms with Crippen molar-refractivity contribution in [2.45, 2.75) is 57.3 Å². The number of alkyl halides is 3. The summed E-state index contributed by atoms with van der Waals surface area (Å²) in [4.78, 5) is 15.2. The Bertz CT molecular complexity index is 615. The second-order valence-electron chi connectivity index (χ2n) is 6.99. The van der Waals surface area contributed by atoms with Crippen LogP contribution in [0.25, 0.3) is 0 Å². The molecule has 25 heavy (non-hydrogen) atoms. The van der Waals surface area contributed by atoms with Crippen LogP contribution in [0.2, 0.25) is 0 Å². The van der Waals surface area contributed by atoms with Gasteiger partial charge in [0.25, 0.3) is 0 Å². The van der Waals surface area contributed by atoms with Gasteiger partial charge in [0.15, 0.2) is 0 Å². The van der Waals surface area contributed by atoms with Crippen LogP contribution < -0.4 is 0 Å². The monoisotopic (exact) mass is 359 g/mol. The molecule has 0 N–H and O–H groups in total. The first-order valence-electron chi connectivity index (χ1n) is 7.83. The molecule has 0 amide bonds. The molecule has 1 aliphatic rings. The Morgan fingerprint density at radius 2 is 1.80 bits per heavy atom. The maximum absolute atomic E-state index is 12.7. The second kappa shape index (κ2) is 6.61. The van der Waals surface area contributed by atoms with Gasteiger partial charge in [0.1, 0.15) is 5.69 Å². The van der Waals surface area contributed by atoms with Crippen molar-refractivity contribution in [1.29, 1.82) is 0 Å². The minimum absolute atomic E-state index is 0.0969. The summed E-state index contributed by atoms with van der Waals surface area (Å²) in [6.07, 6.45) is -3.53. The van der Waals surface area contributed by atoms with E-state index in [0.717, 1.165) is 12.3 Å². The number of halogens is 3. The van der Waals surface area contributed by atoms with Gasteiger partial charge < -0.3 is 14.0 Å². The number of pyridine rings is 1. The molecule has 0 aliphatic carbocycles. The van der Waals surface area contributed by atoms with E-state index >= 15 is 0 Å². The highest BCUT2D eigenvalue weighted by Gasteiger charge is 2.54. The number of hydrogen-bond donors (Lipinski definition) is 0. The van der Waals surface area contributed by atoms with Crippen LogP contribution in [-0.4, -0.2) is 36.4 Å². The molecule has 5 nitrogen and oxygen atoms in total. The lowest BCUT2D eigenvalue weighted by Gasteiger charge is -2.32. The van der Waals surface area contributed by atoms with Crippen molar-refractivity contribution >= 4 is 13.1 Å². The predicted octanol–water partition coefficient (Wildman–Crippen LogP) is 3.38. The van der Waals surface area contributed by atoms with Crippen molar-refractivity contribution in [2.24, 2.45) is 0 Å². The highest BCUT2D eigenvalue weighted by Crippen LogP contribution is 2.42. The highest BCUT2D eigenvalue weighted by atomic mass is 19.4. The van der Waals surface area contributed by atoms with Crippen molar-refractivity contribution in [3.63, 3.8) is 0 Å². The molecule has 9 heteroatoms. The number of carbonyl (C=O) groups is 1. The Kier molecular flexibility index (Phi) is 5.21. The molecule has 1 saturated heterocycles. The SMILES string of the molecule is COC(=O)CC(B1OC(C)(C)C(C)(C)O1)c1ccc(C(F)(F)F)nc1. The lowest BCUT2D eigenvalue weighted by atomic mass is 9.66. The third kappa shape index (κ3) is 4.15. The zero-order valence-corrected chi connectivity index (χ0v) is 14.8. The van der Waals surface area contributed by atoms with Gasteiger partial charge in [-0.1, -0.05) is 6.07 Å². The third-order valence-corrected chi connectivity index (χ3v) is 4.72. The summed E-state index contributed by atoms with van der Waals surface area (Å²) in [6.45, 7) is 7.42. The molecule has 2 heterocycles. The van der Waals surface area contributed by atoms with E-state index in [2.05, 4.69) is 4.98 Å². The van der Waals surface area contributed by atoms with Gasteiger partial charge in [-0.3, -0.25) is 9.78 Å². The van der Waals surface area contributed by atoms with Gasteiger partial charge in [0.05, 0.1) is 24.7 Å². The highest BCUT2D eigenvalue weighted by molar-refractivity contribution is 6.48. The molecular formula is C16H21BF3NO4. The molecule has 1 unspecified atom stereocenters. The molecule has 1 fully saturated rings. The van der Waals surface area contributed by atoms with E-state index in [1.54, 1.807) is 0 Å². The fourth-order valence-electron chi connectivity index (χ4n) is 2.48. The zero-order valence-electron chi connectivity index (χ0n) is 14.8. The largest absolute Gasteiger partial charge is 0.469 e. The molecule has 138 valence electrons. The first kappa shape index (κ1) is 19.7. The molecule has 1 aromatic rings. The van der Waals surface area contributed by atoms with Crippen LogP contribution in [0.1, 0.15) is 51.2 Å². The van der Waals surface area contributed by atoms with E-state index in [-0.39, 0.29) is 6.42 Å². The third-order valence-electron chi connectivity index (χ3n) is 4.72. The minimum atomic E-state index is -4.53. The summed E-state index contributed by atoms with van der Waals surface area (Å²) in [6, 6.07) is 2.17. The van der Waals surface area contributed by atoms with E-state index in [1.807, 2.05) is 27.7 Å². The van der Waals surface area contributed by atoms with Crippen molar-refractivity contribution in [2.75, 3.05) is 7.11 Å². The summed E-state index contributed by atoms with van der Waals surface area (Å²) in [5.41, 5.74) is -1.85. The quantitative estimate of drug-likeness (QED) is 0.609. The second-order valence-corrected chi connectivity index (χ2v) is 6.99. The number of esters is 1. The molecule has 1 atom stereocenters. The number of nitrogens with zero attached hydrogens (tertiary/aromatic N) is 1. The predicted molar refractivity (Wildman–Crippen MR) is 84.7 cm³/mol. The summed E-state index contributed by atoms with van der Waals surface area (Å²) < 4.78 is 54.7. The van der Waals surface area contributed by atoms with Crippen molar-refractivity contribution in [3.05, 3.63) is 29.6 Å². The number of rotatable bonds is 4. The lowest BCUT2D eigenvalue weighted by molar-refractivity contribution is -0.142. The molecule has 0 spiro atoms. The van der Waals surface area contributed by atoms with E-state index in [9.17, 15) is 18.0 Å². The molecule has 1 aliphatic heterocycles. The first-order chi connectivity index (χ1) is 11.4.